The molecule has 2 aliphatic heterocycles. The van der Waals surface area contributed by atoms with Crippen molar-refractivity contribution in [2.75, 3.05) is 6.61 Å². The lowest BCUT2D eigenvalue weighted by atomic mass is 10.1. The molecule has 2 heterocycles. The van der Waals surface area contributed by atoms with Crippen molar-refractivity contribution >= 4 is 10.1 Å². The van der Waals surface area contributed by atoms with Crippen molar-refractivity contribution in [1.82, 2.24) is 0 Å². The second-order valence-corrected chi connectivity index (χ2v) is 6.66. The average Bonchev–Trinajstić information content (AvgIpc) is 2.79. The largest absolute Gasteiger partial charge is 0.390 e. The molecule has 2 fully saturated rings. The molecule has 1 N–H and O–H groups in total. The molecular weight excluding hydrogens is 284 g/mol. The summed E-state index contributed by atoms with van der Waals surface area (Å²) in [5.41, 5.74) is 0.951. The average molecular weight is 300 g/mol. The molecule has 3 rings (SSSR count). The molecule has 2 aliphatic rings. The Morgan fingerprint density at radius 2 is 2.00 bits per heavy atom. The van der Waals surface area contributed by atoms with Gasteiger partial charge in [0.25, 0.3) is 10.1 Å². The van der Waals surface area contributed by atoms with Gasteiger partial charge in [-0.25, -0.2) is 0 Å². The molecule has 1 aromatic rings. The number of rotatable bonds is 3. The van der Waals surface area contributed by atoms with Gasteiger partial charge in [0.1, 0.15) is 0 Å². The minimum absolute atomic E-state index is 0.0513. The number of benzene rings is 1. The van der Waals surface area contributed by atoms with Crippen molar-refractivity contribution < 1.29 is 27.2 Å². The summed E-state index contributed by atoms with van der Waals surface area (Å²) in [6.07, 6.45) is -2.65. The SMILES string of the molecule is Cc1ccc(S(=O)(=O)O[C@@H]2[C@@H]3OC[C@H](C[C@H]2O)O3)cc1. The Balaban J connectivity index is 1.80. The van der Waals surface area contributed by atoms with Gasteiger partial charge in [-0.3, -0.25) is 4.18 Å². The zero-order valence-corrected chi connectivity index (χ0v) is 11.7. The quantitative estimate of drug-likeness (QED) is 0.822. The van der Waals surface area contributed by atoms with Crippen LogP contribution in [0, 0.1) is 6.92 Å². The zero-order chi connectivity index (χ0) is 14.3. The van der Waals surface area contributed by atoms with E-state index >= 15 is 0 Å². The number of ether oxygens (including phenoxy) is 2. The molecule has 1 aromatic carbocycles. The molecule has 2 bridgehead atoms. The summed E-state index contributed by atoms with van der Waals surface area (Å²) >= 11 is 0. The van der Waals surface area contributed by atoms with E-state index in [1.54, 1.807) is 12.1 Å². The molecule has 110 valence electrons. The molecule has 0 aromatic heterocycles. The fourth-order valence-electron chi connectivity index (χ4n) is 2.37. The monoisotopic (exact) mass is 300 g/mol. The van der Waals surface area contributed by atoms with E-state index in [1.165, 1.54) is 12.1 Å². The molecule has 4 atom stereocenters. The summed E-state index contributed by atoms with van der Waals surface area (Å²) < 4.78 is 40.2. The summed E-state index contributed by atoms with van der Waals surface area (Å²) in [6, 6.07) is 6.32. The molecule has 0 saturated carbocycles. The first-order chi connectivity index (χ1) is 9.45. The van der Waals surface area contributed by atoms with E-state index in [0.29, 0.717) is 13.0 Å². The molecule has 0 spiro atoms. The Morgan fingerprint density at radius 1 is 1.30 bits per heavy atom. The van der Waals surface area contributed by atoms with E-state index in [2.05, 4.69) is 0 Å². The van der Waals surface area contributed by atoms with Crippen molar-refractivity contribution in [2.24, 2.45) is 0 Å². The maximum atomic E-state index is 12.2. The number of hydrogen-bond donors (Lipinski definition) is 1. The Bertz CT molecular complexity index is 581. The molecule has 0 radical (unpaired) electrons. The number of hydrogen-bond acceptors (Lipinski definition) is 6. The van der Waals surface area contributed by atoms with E-state index in [-0.39, 0.29) is 11.0 Å². The number of aryl methyl sites for hydroxylation is 1. The van der Waals surface area contributed by atoms with Crippen molar-refractivity contribution in [2.45, 2.75) is 42.8 Å². The third-order valence-electron chi connectivity index (χ3n) is 3.47. The first-order valence-corrected chi connectivity index (χ1v) is 7.81. The van der Waals surface area contributed by atoms with Gasteiger partial charge in [0.2, 0.25) is 0 Å². The van der Waals surface area contributed by atoms with Gasteiger partial charge in [0, 0.05) is 6.42 Å². The fraction of sp³-hybridized carbons (Fsp3) is 0.538. The maximum absolute atomic E-state index is 12.2. The highest BCUT2D eigenvalue weighted by Gasteiger charge is 2.46. The van der Waals surface area contributed by atoms with Gasteiger partial charge in [-0.05, 0) is 19.1 Å². The van der Waals surface area contributed by atoms with Crippen LogP contribution in [-0.4, -0.2) is 44.7 Å². The van der Waals surface area contributed by atoms with Crippen LogP contribution >= 0.6 is 0 Å². The molecule has 0 aliphatic carbocycles. The van der Waals surface area contributed by atoms with Gasteiger partial charge >= 0.3 is 0 Å². The van der Waals surface area contributed by atoms with E-state index in [1.807, 2.05) is 6.92 Å². The van der Waals surface area contributed by atoms with Gasteiger partial charge in [0.05, 0.1) is 23.7 Å². The van der Waals surface area contributed by atoms with Crippen LogP contribution in [0.5, 0.6) is 0 Å². The van der Waals surface area contributed by atoms with Crippen LogP contribution in [-0.2, 0) is 23.8 Å². The standard InChI is InChI=1S/C13H16O6S/c1-8-2-4-10(5-3-8)20(15,16)19-12-11(14)6-9-7-17-13(12)18-9/h2-5,9,11-14H,6-7H2,1H3/t9-,11+,12-,13+/m0/s1. The summed E-state index contributed by atoms with van der Waals surface area (Å²) in [7, 11) is -3.95. The fourth-order valence-corrected chi connectivity index (χ4v) is 3.46. The van der Waals surface area contributed by atoms with Crippen LogP contribution in [0.3, 0.4) is 0 Å². The Morgan fingerprint density at radius 3 is 2.70 bits per heavy atom. The summed E-state index contributed by atoms with van der Waals surface area (Å²) in [5, 5.41) is 9.95. The van der Waals surface area contributed by atoms with Gasteiger partial charge in [-0.15, -0.1) is 0 Å². The van der Waals surface area contributed by atoms with Crippen molar-refractivity contribution in [3.05, 3.63) is 29.8 Å². The third kappa shape index (κ3) is 2.59. The highest BCUT2D eigenvalue weighted by atomic mass is 32.2. The number of aliphatic hydroxyl groups excluding tert-OH is 1. The number of fused-ring (bicyclic) bond motifs is 2. The van der Waals surface area contributed by atoms with E-state index in [4.69, 9.17) is 13.7 Å². The predicted molar refractivity (Wildman–Crippen MR) is 68.5 cm³/mol. The molecule has 7 heteroatoms. The molecule has 20 heavy (non-hydrogen) atoms. The van der Waals surface area contributed by atoms with E-state index < -0.39 is 28.6 Å². The lowest BCUT2D eigenvalue weighted by molar-refractivity contribution is -0.181. The Hall–Kier alpha value is -0.990. The highest BCUT2D eigenvalue weighted by Crippen LogP contribution is 2.31. The number of aliphatic hydroxyl groups is 1. The molecule has 0 amide bonds. The minimum atomic E-state index is -3.95. The Labute approximate surface area is 117 Å². The van der Waals surface area contributed by atoms with Gasteiger partial charge < -0.3 is 14.6 Å². The molecule has 0 unspecified atom stereocenters. The van der Waals surface area contributed by atoms with E-state index in [0.717, 1.165) is 5.56 Å². The first-order valence-electron chi connectivity index (χ1n) is 6.41. The van der Waals surface area contributed by atoms with Crippen molar-refractivity contribution in [3.8, 4) is 0 Å². The minimum Gasteiger partial charge on any atom is -0.390 e. The zero-order valence-electron chi connectivity index (χ0n) is 10.9. The van der Waals surface area contributed by atoms with Crippen LogP contribution in [0.25, 0.3) is 0 Å². The third-order valence-corrected chi connectivity index (χ3v) is 4.80. The van der Waals surface area contributed by atoms with Crippen LogP contribution in [0.2, 0.25) is 0 Å². The highest BCUT2D eigenvalue weighted by molar-refractivity contribution is 7.86. The topological polar surface area (TPSA) is 82.1 Å². The predicted octanol–water partition coefficient (Wildman–Crippen LogP) is 0.575. The van der Waals surface area contributed by atoms with Crippen molar-refractivity contribution in [3.63, 3.8) is 0 Å². The van der Waals surface area contributed by atoms with Gasteiger partial charge in [-0.2, -0.15) is 8.42 Å². The van der Waals surface area contributed by atoms with Crippen LogP contribution in [0.4, 0.5) is 0 Å². The van der Waals surface area contributed by atoms with Gasteiger partial charge in [-0.1, -0.05) is 17.7 Å². The molecular formula is C13H16O6S. The maximum Gasteiger partial charge on any atom is 0.297 e. The summed E-state index contributed by atoms with van der Waals surface area (Å²) in [5.74, 6) is 0. The molecule has 2 saturated heterocycles. The summed E-state index contributed by atoms with van der Waals surface area (Å²) in [4.78, 5) is 0.0513. The Kier molecular flexibility index (Phi) is 3.55. The van der Waals surface area contributed by atoms with Gasteiger partial charge in [0.15, 0.2) is 12.4 Å². The van der Waals surface area contributed by atoms with Crippen molar-refractivity contribution in [1.29, 1.82) is 0 Å². The van der Waals surface area contributed by atoms with Crippen LogP contribution < -0.4 is 0 Å². The second-order valence-electron chi connectivity index (χ2n) is 5.09. The van der Waals surface area contributed by atoms with E-state index in [9.17, 15) is 13.5 Å². The second kappa shape index (κ2) is 5.09. The van der Waals surface area contributed by atoms with Crippen LogP contribution in [0.15, 0.2) is 29.2 Å². The normalized spacial score (nSPS) is 33.3. The first kappa shape index (κ1) is 14.0. The molecule has 6 nitrogen and oxygen atoms in total. The van der Waals surface area contributed by atoms with Crippen LogP contribution in [0.1, 0.15) is 12.0 Å². The lowest BCUT2D eigenvalue weighted by Crippen LogP contribution is -2.46. The lowest BCUT2D eigenvalue weighted by Gasteiger charge is -2.31. The summed E-state index contributed by atoms with van der Waals surface area (Å²) in [6.45, 7) is 2.22. The smallest absolute Gasteiger partial charge is 0.297 e.